The Morgan fingerprint density at radius 3 is 2.62 bits per heavy atom. The van der Waals surface area contributed by atoms with Crippen molar-refractivity contribution >= 4 is 11.6 Å². The van der Waals surface area contributed by atoms with Gasteiger partial charge in [0.2, 0.25) is 0 Å². The Bertz CT molecular complexity index is 313. The van der Waals surface area contributed by atoms with Crippen LogP contribution in [0.15, 0.2) is 30.4 Å². The lowest BCUT2D eigenvalue weighted by Crippen LogP contribution is -1.91. The molecule has 1 aromatic rings. The molecule has 0 radical (unpaired) electrons. The van der Waals surface area contributed by atoms with Crippen LogP contribution in [0.1, 0.15) is 23.6 Å². The van der Waals surface area contributed by atoms with Gasteiger partial charge in [-0.3, -0.25) is 0 Å². The van der Waals surface area contributed by atoms with Gasteiger partial charge in [-0.15, -0.1) is 11.6 Å². The van der Waals surface area contributed by atoms with E-state index in [9.17, 15) is 0 Å². The highest BCUT2D eigenvalue weighted by Crippen LogP contribution is 2.15. The highest BCUT2D eigenvalue weighted by molar-refractivity contribution is 6.17. The van der Waals surface area contributed by atoms with Gasteiger partial charge in [-0.2, -0.15) is 0 Å². The fourth-order valence-electron chi connectivity index (χ4n) is 1.36. The summed E-state index contributed by atoms with van der Waals surface area (Å²) >= 11 is 5.74. The zero-order chi connectivity index (χ0) is 9.84. The first-order chi connectivity index (χ1) is 6.13. The van der Waals surface area contributed by atoms with Gasteiger partial charge in [-0.25, -0.2) is 0 Å². The minimum absolute atomic E-state index is 0.591. The van der Waals surface area contributed by atoms with Crippen molar-refractivity contribution < 1.29 is 0 Å². The average Bonchev–Trinajstić information content (AvgIpc) is 2.08. The molecule has 0 N–H and O–H groups in total. The van der Waals surface area contributed by atoms with Crippen LogP contribution in [-0.4, -0.2) is 0 Å². The highest BCUT2D eigenvalue weighted by atomic mass is 35.5. The Hall–Kier alpha value is -0.750. The summed E-state index contributed by atoms with van der Waals surface area (Å²) in [5.41, 5.74) is 5.04. The SMILES string of the molecule is C=C(C)Cc1ccc(CCl)cc1C. The predicted molar refractivity (Wildman–Crippen MR) is 59.3 cm³/mol. The number of allylic oxidation sites excluding steroid dienone is 1. The van der Waals surface area contributed by atoms with Gasteiger partial charge in [-0.05, 0) is 37.0 Å². The third-order valence-corrected chi connectivity index (χ3v) is 2.36. The van der Waals surface area contributed by atoms with Gasteiger partial charge in [0.05, 0.1) is 0 Å². The minimum Gasteiger partial charge on any atom is -0.122 e. The van der Waals surface area contributed by atoms with Gasteiger partial charge in [0.25, 0.3) is 0 Å². The van der Waals surface area contributed by atoms with Crippen LogP contribution in [0.2, 0.25) is 0 Å². The summed E-state index contributed by atoms with van der Waals surface area (Å²) in [6.45, 7) is 8.08. The Balaban J connectivity index is 2.91. The van der Waals surface area contributed by atoms with E-state index in [2.05, 4.69) is 38.6 Å². The molecular formula is C12H15Cl. The second kappa shape index (κ2) is 4.48. The maximum absolute atomic E-state index is 5.74. The second-order valence-corrected chi connectivity index (χ2v) is 3.80. The molecule has 0 heterocycles. The van der Waals surface area contributed by atoms with E-state index < -0.39 is 0 Å². The molecule has 0 saturated carbocycles. The van der Waals surface area contributed by atoms with Crippen molar-refractivity contribution in [3.05, 3.63) is 47.0 Å². The van der Waals surface area contributed by atoms with Crippen LogP contribution in [0, 0.1) is 6.92 Å². The van der Waals surface area contributed by atoms with Crippen molar-refractivity contribution in [2.75, 3.05) is 0 Å². The van der Waals surface area contributed by atoms with E-state index in [-0.39, 0.29) is 0 Å². The first-order valence-corrected chi connectivity index (χ1v) is 4.95. The van der Waals surface area contributed by atoms with Gasteiger partial charge in [0.1, 0.15) is 0 Å². The van der Waals surface area contributed by atoms with Crippen molar-refractivity contribution in [3.8, 4) is 0 Å². The number of aryl methyl sites for hydroxylation is 1. The van der Waals surface area contributed by atoms with Gasteiger partial charge in [0, 0.05) is 5.88 Å². The van der Waals surface area contributed by atoms with Crippen LogP contribution in [0.25, 0.3) is 0 Å². The predicted octanol–water partition coefficient (Wildman–Crippen LogP) is 3.85. The molecule has 1 aromatic carbocycles. The molecule has 0 aliphatic heterocycles. The first-order valence-electron chi connectivity index (χ1n) is 4.42. The molecule has 70 valence electrons. The molecule has 1 rings (SSSR count). The van der Waals surface area contributed by atoms with Crippen molar-refractivity contribution in [1.82, 2.24) is 0 Å². The molecule has 0 unspecified atom stereocenters. The summed E-state index contributed by atoms with van der Waals surface area (Å²) in [6.07, 6.45) is 0.967. The summed E-state index contributed by atoms with van der Waals surface area (Å²) in [7, 11) is 0. The summed E-state index contributed by atoms with van der Waals surface area (Å²) in [5, 5.41) is 0. The molecule has 0 saturated heterocycles. The molecule has 0 aliphatic rings. The lowest BCUT2D eigenvalue weighted by Gasteiger charge is -2.06. The number of rotatable bonds is 3. The normalized spacial score (nSPS) is 10.1. The van der Waals surface area contributed by atoms with E-state index >= 15 is 0 Å². The summed E-state index contributed by atoms with van der Waals surface area (Å²) < 4.78 is 0. The Labute approximate surface area is 85.2 Å². The lowest BCUT2D eigenvalue weighted by molar-refractivity contribution is 1.12. The number of hydrogen-bond acceptors (Lipinski definition) is 0. The van der Waals surface area contributed by atoms with E-state index in [4.69, 9.17) is 11.6 Å². The van der Waals surface area contributed by atoms with E-state index in [1.54, 1.807) is 0 Å². The van der Waals surface area contributed by atoms with Crippen LogP contribution in [0.5, 0.6) is 0 Å². The molecule has 0 amide bonds. The van der Waals surface area contributed by atoms with Gasteiger partial charge in [-0.1, -0.05) is 30.4 Å². The van der Waals surface area contributed by atoms with Gasteiger partial charge < -0.3 is 0 Å². The molecule has 0 aromatic heterocycles. The molecule has 1 heteroatoms. The topological polar surface area (TPSA) is 0 Å². The second-order valence-electron chi connectivity index (χ2n) is 3.53. The number of benzene rings is 1. The van der Waals surface area contributed by atoms with Crippen molar-refractivity contribution in [1.29, 1.82) is 0 Å². The number of hydrogen-bond donors (Lipinski definition) is 0. The standard InChI is InChI=1S/C12H15Cl/c1-9(2)6-12-5-4-11(8-13)7-10(12)3/h4-5,7H,1,6,8H2,2-3H3. The first kappa shape index (κ1) is 10.3. The van der Waals surface area contributed by atoms with Crippen LogP contribution in [0.4, 0.5) is 0 Å². The van der Waals surface area contributed by atoms with Crippen LogP contribution in [-0.2, 0) is 12.3 Å². The summed E-state index contributed by atoms with van der Waals surface area (Å²) in [5.74, 6) is 0.591. The molecule has 0 atom stereocenters. The Morgan fingerprint density at radius 1 is 1.46 bits per heavy atom. The van der Waals surface area contributed by atoms with Crippen molar-refractivity contribution in [3.63, 3.8) is 0 Å². The van der Waals surface area contributed by atoms with E-state index in [0.717, 1.165) is 6.42 Å². The largest absolute Gasteiger partial charge is 0.122 e. The maximum atomic E-state index is 5.74. The Morgan fingerprint density at radius 2 is 2.15 bits per heavy atom. The van der Waals surface area contributed by atoms with Crippen molar-refractivity contribution in [2.24, 2.45) is 0 Å². The molecule has 0 aliphatic carbocycles. The molecule has 13 heavy (non-hydrogen) atoms. The fourth-order valence-corrected chi connectivity index (χ4v) is 1.53. The zero-order valence-corrected chi connectivity index (χ0v) is 8.99. The number of alkyl halides is 1. The summed E-state index contributed by atoms with van der Waals surface area (Å²) in [4.78, 5) is 0. The molecule has 0 bridgehead atoms. The van der Waals surface area contributed by atoms with Gasteiger partial charge >= 0.3 is 0 Å². The van der Waals surface area contributed by atoms with Crippen LogP contribution in [0.3, 0.4) is 0 Å². The average molecular weight is 195 g/mol. The van der Waals surface area contributed by atoms with Crippen molar-refractivity contribution in [2.45, 2.75) is 26.1 Å². The van der Waals surface area contributed by atoms with Crippen LogP contribution < -0.4 is 0 Å². The third kappa shape index (κ3) is 2.89. The molecular weight excluding hydrogens is 180 g/mol. The molecule has 0 nitrogen and oxygen atoms in total. The van der Waals surface area contributed by atoms with Gasteiger partial charge in [0.15, 0.2) is 0 Å². The summed E-state index contributed by atoms with van der Waals surface area (Å²) in [6, 6.07) is 6.37. The fraction of sp³-hybridized carbons (Fsp3) is 0.333. The maximum Gasteiger partial charge on any atom is 0.0474 e. The molecule has 0 spiro atoms. The van der Waals surface area contributed by atoms with E-state index in [1.165, 1.54) is 22.3 Å². The zero-order valence-electron chi connectivity index (χ0n) is 8.23. The smallest absolute Gasteiger partial charge is 0.0474 e. The number of halogens is 1. The van der Waals surface area contributed by atoms with E-state index in [0.29, 0.717) is 5.88 Å². The quantitative estimate of drug-likeness (QED) is 0.507. The Kier molecular flexibility index (Phi) is 3.56. The van der Waals surface area contributed by atoms with Crippen LogP contribution >= 0.6 is 11.6 Å². The lowest BCUT2D eigenvalue weighted by atomic mass is 10.0. The monoisotopic (exact) mass is 194 g/mol. The third-order valence-electron chi connectivity index (χ3n) is 2.05. The molecule has 0 fully saturated rings. The van der Waals surface area contributed by atoms with E-state index in [1.807, 2.05) is 0 Å². The minimum atomic E-state index is 0.591. The highest BCUT2D eigenvalue weighted by Gasteiger charge is 1.99.